The molecule has 0 aliphatic rings. The molecule has 0 bridgehead atoms. The number of benzene rings is 2. The molecule has 0 fully saturated rings. The van der Waals surface area contributed by atoms with Gasteiger partial charge in [-0.1, -0.05) is 19.9 Å². The zero-order valence-corrected chi connectivity index (χ0v) is 18.0. The molecule has 0 unspecified atom stereocenters. The molecule has 0 aliphatic heterocycles. The first-order chi connectivity index (χ1) is 14.3. The second kappa shape index (κ2) is 11.0. The number of carbonyl (C=O) groups excluding carboxylic acids is 3. The van der Waals surface area contributed by atoms with E-state index in [2.05, 4.69) is 16.0 Å². The number of nitrogens with zero attached hydrogens (tertiary/aromatic N) is 1. The van der Waals surface area contributed by atoms with Crippen molar-refractivity contribution in [2.75, 3.05) is 35.6 Å². The molecule has 0 saturated carbocycles. The minimum absolute atomic E-state index is 0.0241. The maximum absolute atomic E-state index is 12.3. The molecule has 0 saturated heterocycles. The molecule has 2 rings (SSSR count). The number of hydrogen-bond acceptors (Lipinski definition) is 4. The van der Waals surface area contributed by atoms with Crippen molar-refractivity contribution >= 4 is 34.8 Å². The van der Waals surface area contributed by atoms with Crippen molar-refractivity contribution < 1.29 is 14.4 Å². The highest BCUT2D eigenvalue weighted by Gasteiger charge is 2.12. The lowest BCUT2D eigenvalue weighted by Crippen LogP contribution is -2.30. The van der Waals surface area contributed by atoms with E-state index >= 15 is 0 Å². The second-order valence-electron chi connectivity index (χ2n) is 7.18. The van der Waals surface area contributed by atoms with E-state index in [1.807, 2.05) is 39.8 Å². The molecule has 0 aliphatic carbocycles. The number of hydrogen-bond donors (Lipinski definition) is 3. The van der Waals surface area contributed by atoms with Gasteiger partial charge >= 0.3 is 0 Å². The molecule has 7 nitrogen and oxygen atoms in total. The van der Waals surface area contributed by atoms with Crippen LogP contribution in [0, 0.1) is 5.92 Å². The Kier molecular flexibility index (Phi) is 8.41. The summed E-state index contributed by atoms with van der Waals surface area (Å²) in [4.78, 5) is 38.1. The lowest BCUT2D eigenvalue weighted by molar-refractivity contribution is -0.119. The Labute approximate surface area is 177 Å². The van der Waals surface area contributed by atoms with Gasteiger partial charge in [-0.15, -0.1) is 0 Å². The Bertz CT molecular complexity index is 874. The Morgan fingerprint density at radius 2 is 1.50 bits per heavy atom. The van der Waals surface area contributed by atoms with E-state index in [1.165, 1.54) is 0 Å². The fourth-order valence-electron chi connectivity index (χ4n) is 2.77. The monoisotopic (exact) mass is 410 g/mol. The summed E-state index contributed by atoms with van der Waals surface area (Å²) in [6.07, 6.45) is 0. The van der Waals surface area contributed by atoms with E-state index in [-0.39, 0.29) is 30.2 Å². The third-order valence-corrected chi connectivity index (χ3v) is 4.57. The quantitative estimate of drug-likeness (QED) is 0.586. The van der Waals surface area contributed by atoms with Crippen LogP contribution in [0.15, 0.2) is 48.5 Å². The number of carbonyl (C=O) groups is 3. The average molecular weight is 411 g/mol. The molecule has 0 aromatic heterocycles. The van der Waals surface area contributed by atoms with Crippen LogP contribution in [0.5, 0.6) is 0 Å². The van der Waals surface area contributed by atoms with Crippen LogP contribution in [0.25, 0.3) is 0 Å². The fourth-order valence-corrected chi connectivity index (χ4v) is 2.77. The summed E-state index contributed by atoms with van der Waals surface area (Å²) < 4.78 is 0. The van der Waals surface area contributed by atoms with Gasteiger partial charge in [0.25, 0.3) is 5.91 Å². The van der Waals surface area contributed by atoms with E-state index in [1.54, 1.807) is 41.3 Å². The zero-order chi connectivity index (χ0) is 22.1. The molecular formula is C23H30N4O3. The van der Waals surface area contributed by atoms with Crippen LogP contribution in [0.2, 0.25) is 0 Å². The molecule has 0 heterocycles. The standard InChI is InChI=1S/C23H30N4O3/c1-5-27(6-2)23(30)17-10-12-18(13-11-17)25-21(28)15-24-19-8-7-9-20(14-19)26-22(29)16(3)4/h7-14,16,24H,5-6,15H2,1-4H3,(H,25,28)(H,26,29). The number of amides is 3. The first-order valence-electron chi connectivity index (χ1n) is 10.2. The van der Waals surface area contributed by atoms with Crippen molar-refractivity contribution in [2.45, 2.75) is 27.7 Å². The summed E-state index contributed by atoms with van der Waals surface area (Å²) in [6, 6.07) is 14.1. The minimum Gasteiger partial charge on any atom is -0.376 e. The number of rotatable bonds is 9. The largest absolute Gasteiger partial charge is 0.376 e. The average Bonchev–Trinajstić information content (AvgIpc) is 2.74. The van der Waals surface area contributed by atoms with Gasteiger partial charge in [0.15, 0.2) is 0 Å². The molecule has 0 spiro atoms. The van der Waals surface area contributed by atoms with Gasteiger partial charge in [0.05, 0.1) is 6.54 Å². The van der Waals surface area contributed by atoms with Crippen LogP contribution in [0.1, 0.15) is 38.1 Å². The van der Waals surface area contributed by atoms with Crippen molar-refractivity contribution in [3.8, 4) is 0 Å². The van der Waals surface area contributed by atoms with Crippen molar-refractivity contribution in [3.05, 3.63) is 54.1 Å². The third-order valence-electron chi connectivity index (χ3n) is 4.57. The van der Waals surface area contributed by atoms with Crippen LogP contribution in [0.4, 0.5) is 17.1 Å². The predicted octanol–water partition coefficient (Wildman–Crippen LogP) is 3.81. The number of anilines is 3. The highest BCUT2D eigenvalue weighted by molar-refractivity contribution is 5.97. The lowest BCUT2D eigenvalue weighted by Gasteiger charge is -2.18. The van der Waals surface area contributed by atoms with Crippen molar-refractivity contribution in [2.24, 2.45) is 5.92 Å². The van der Waals surface area contributed by atoms with E-state index in [4.69, 9.17) is 0 Å². The van der Waals surface area contributed by atoms with Crippen LogP contribution >= 0.6 is 0 Å². The van der Waals surface area contributed by atoms with Gasteiger partial charge in [-0.3, -0.25) is 14.4 Å². The summed E-state index contributed by atoms with van der Waals surface area (Å²) in [7, 11) is 0. The summed E-state index contributed by atoms with van der Waals surface area (Å²) in [5.74, 6) is -0.410. The van der Waals surface area contributed by atoms with Gasteiger partial charge in [-0.05, 0) is 56.3 Å². The Morgan fingerprint density at radius 1 is 0.867 bits per heavy atom. The summed E-state index contributed by atoms with van der Waals surface area (Å²) in [5, 5.41) is 8.67. The molecule has 2 aromatic carbocycles. The maximum Gasteiger partial charge on any atom is 0.253 e. The Morgan fingerprint density at radius 3 is 2.10 bits per heavy atom. The highest BCUT2D eigenvalue weighted by Crippen LogP contribution is 2.16. The van der Waals surface area contributed by atoms with Gasteiger partial charge in [0.2, 0.25) is 11.8 Å². The summed E-state index contributed by atoms with van der Waals surface area (Å²) >= 11 is 0. The molecule has 3 amide bonds. The van der Waals surface area contributed by atoms with E-state index in [0.717, 1.165) is 5.69 Å². The highest BCUT2D eigenvalue weighted by atomic mass is 16.2. The van der Waals surface area contributed by atoms with Gasteiger partial charge in [-0.25, -0.2) is 0 Å². The van der Waals surface area contributed by atoms with Gasteiger partial charge in [0, 0.05) is 41.6 Å². The second-order valence-corrected chi connectivity index (χ2v) is 7.18. The van der Waals surface area contributed by atoms with Crippen LogP contribution in [0.3, 0.4) is 0 Å². The fraction of sp³-hybridized carbons (Fsp3) is 0.348. The first kappa shape index (κ1) is 22.9. The third kappa shape index (κ3) is 6.62. The first-order valence-corrected chi connectivity index (χ1v) is 10.2. The molecule has 0 atom stereocenters. The molecule has 160 valence electrons. The Balaban J connectivity index is 1.89. The lowest BCUT2D eigenvalue weighted by atomic mass is 10.1. The molecule has 3 N–H and O–H groups in total. The molecule has 30 heavy (non-hydrogen) atoms. The van der Waals surface area contributed by atoms with Crippen LogP contribution in [-0.4, -0.2) is 42.3 Å². The topological polar surface area (TPSA) is 90.5 Å². The molecular weight excluding hydrogens is 380 g/mol. The van der Waals surface area contributed by atoms with Crippen LogP contribution < -0.4 is 16.0 Å². The molecule has 0 radical (unpaired) electrons. The van der Waals surface area contributed by atoms with E-state index < -0.39 is 0 Å². The van der Waals surface area contributed by atoms with Crippen molar-refractivity contribution in [3.63, 3.8) is 0 Å². The smallest absolute Gasteiger partial charge is 0.253 e. The van der Waals surface area contributed by atoms with Gasteiger partial charge in [0.1, 0.15) is 0 Å². The minimum atomic E-state index is -0.213. The predicted molar refractivity (Wildman–Crippen MR) is 121 cm³/mol. The molecule has 2 aromatic rings. The van der Waals surface area contributed by atoms with Crippen LogP contribution in [-0.2, 0) is 9.59 Å². The van der Waals surface area contributed by atoms with Gasteiger partial charge in [-0.2, -0.15) is 0 Å². The normalized spacial score (nSPS) is 10.4. The Hall–Kier alpha value is -3.35. The SMILES string of the molecule is CCN(CC)C(=O)c1ccc(NC(=O)CNc2cccc(NC(=O)C(C)C)c2)cc1. The van der Waals surface area contributed by atoms with E-state index in [9.17, 15) is 14.4 Å². The van der Waals surface area contributed by atoms with Gasteiger partial charge < -0.3 is 20.9 Å². The van der Waals surface area contributed by atoms with Crippen molar-refractivity contribution in [1.29, 1.82) is 0 Å². The zero-order valence-electron chi connectivity index (χ0n) is 18.0. The van der Waals surface area contributed by atoms with Crippen molar-refractivity contribution in [1.82, 2.24) is 4.90 Å². The maximum atomic E-state index is 12.3. The van der Waals surface area contributed by atoms with E-state index in [0.29, 0.717) is 30.0 Å². The summed E-state index contributed by atoms with van der Waals surface area (Å²) in [6.45, 7) is 8.92. The summed E-state index contributed by atoms with van der Waals surface area (Å²) in [5.41, 5.74) is 2.62. The molecule has 7 heteroatoms. The number of nitrogens with one attached hydrogen (secondary N) is 3.